The second kappa shape index (κ2) is 7.18. The lowest BCUT2D eigenvalue weighted by Gasteiger charge is -2.10. The lowest BCUT2D eigenvalue weighted by Crippen LogP contribution is -2.15. The molecule has 1 atom stereocenters. The molecule has 1 N–H and O–H groups in total. The molecular formula is C16H16N4O2. The van der Waals surface area contributed by atoms with Crippen molar-refractivity contribution in [2.75, 3.05) is 12.4 Å². The molecule has 0 saturated carbocycles. The van der Waals surface area contributed by atoms with Gasteiger partial charge in [-0.15, -0.1) is 10.2 Å². The average molecular weight is 296 g/mol. The van der Waals surface area contributed by atoms with Crippen LogP contribution in [0.25, 0.3) is 0 Å². The van der Waals surface area contributed by atoms with Crippen LogP contribution in [-0.4, -0.2) is 23.3 Å². The third-order valence-corrected chi connectivity index (χ3v) is 3.15. The molecule has 0 spiro atoms. The molecule has 0 aliphatic heterocycles. The Balaban J connectivity index is 1.99. The first-order valence-corrected chi connectivity index (χ1v) is 6.80. The Kier molecular flexibility index (Phi) is 5.04. The molecule has 0 fully saturated rings. The van der Waals surface area contributed by atoms with Gasteiger partial charge in [-0.25, -0.2) is 0 Å². The predicted molar refractivity (Wildman–Crippen MR) is 81.4 cm³/mol. The summed E-state index contributed by atoms with van der Waals surface area (Å²) in [5.74, 6) is 0.179. The van der Waals surface area contributed by atoms with Crippen LogP contribution < -0.4 is 5.32 Å². The average Bonchev–Trinajstić information content (AvgIpc) is 2.56. The molecule has 0 amide bonds. The highest BCUT2D eigenvalue weighted by molar-refractivity contribution is 5.72. The largest absolute Gasteiger partial charge is 0.469 e. The first-order chi connectivity index (χ1) is 10.6. The van der Waals surface area contributed by atoms with Crippen molar-refractivity contribution in [3.8, 4) is 6.07 Å². The van der Waals surface area contributed by atoms with Gasteiger partial charge in [0.25, 0.3) is 0 Å². The number of rotatable bonds is 5. The summed E-state index contributed by atoms with van der Waals surface area (Å²) >= 11 is 0. The van der Waals surface area contributed by atoms with E-state index >= 15 is 0 Å². The van der Waals surface area contributed by atoms with Gasteiger partial charge >= 0.3 is 5.97 Å². The summed E-state index contributed by atoms with van der Waals surface area (Å²) in [5.41, 5.74) is 2.18. The summed E-state index contributed by atoms with van der Waals surface area (Å²) < 4.78 is 4.72. The van der Waals surface area contributed by atoms with Gasteiger partial charge in [-0.1, -0.05) is 19.1 Å². The fourth-order valence-electron chi connectivity index (χ4n) is 1.97. The molecule has 0 aliphatic rings. The smallest absolute Gasteiger partial charge is 0.308 e. The van der Waals surface area contributed by atoms with Crippen molar-refractivity contribution in [2.24, 2.45) is 5.92 Å². The zero-order valence-electron chi connectivity index (χ0n) is 12.4. The Morgan fingerprint density at radius 1 is 1.27 bits per heavy atom. The van der Waals surface area contributed by atoms with Gasteiger partial charge in [0.15, 0.2) is 11.5 Å². The number of carbonyl (C=O) groups is 1. The Morgan fingerprint density at radius 2 is 2.00 bits per heavy atom. The number of nitrogens with zero attached hydrogens (tertiary/aromatic N) is 3. The standard InChI is InChI=1S/C16H16N4O2/c1-11(16(21)22-2)9-12-3-5-13(6-4-12)18-15-8-7-14(10-17)19-20-15/h3-8,11H,9H2,1-2H3,(H,18,20). The van der Waals surface area contributed by atoms with Gasteiger partial charge in [0.2, 0.25) is 0 Å². The van der Waals surface area contributed by atoms with Crippen molar-refractivity contribution in [2.45, 2.75) is 13.3 Å². The third kappa shape index (κ3) is 4.03. The van der Waals surface area contributed by atoms with Crippen LogP contribution >= 0.6 is 0 Å². The van der Waals surface area contributed by atoms with Crippen molar-refractivity contribution in [3.63, 3.8) is 0 Å². The van der Waals surface area contributed by atoms with Crippen LogP contribution in [0, 0.1) is 17.2 Å². The third-order valence-electron chi connectivity index (χ3n) is 3.15. The van der Waals surface area contributed by atoms with Crippen molar-refractivity contribution >= 4 is 17.5 Å². The molecule has 2 aromatic rings. The molecule has 22 heavy (non-hydrogen) atoms. The number of anilines is 2. The molecule has 1 unspecified atom stereocenters. The Labute approximate surface area is 128 Å². The maximum absolute atomic E-state index is 11.4. The molecule has 0 aliphatic carbocycles. The minimum absolute atomic E-state index is 0.173. The molecule has 6 heteroatoms. The first-order valence-electron chi connectivity index (χ1n) is 6.80. The molecule has 112 valence electrons. The van der Waals surface area contributed by atoms with E-state index in [4.69, 9.17) is 10.00 Å². The van der Waals surface area contributed by atoms with E-state index in [0.29, 0.717) is 12.2 Å². The normalized spacial score (nSPS) is 11.3. The second-order valence-electron chi connectivity index (χ2n) is 4.87. The molecule has 2 rings (SSSR count). The molecule has 1 aromatic carbocycles. The summed E-state index contributed by atoms with van der Waals surface area (Å²) in [7, 11) is 1.39. The Bertz CT molecular complexity index is 675. The van der Waals surface area contributed by atoms with E-state index in [-0.39, 0.29) is 17.6 Å². The van der Waals surface area contributed by atoms with Gasteiger partial charge in [0.05, 0.1) is 13.0 Å². The van der Waals surface area contributed by atoms with Crippen LogP contribution in [0.15, 0.2) is 36.4 Å². The highest BCUT2D eigenvalue weighted by atomic mass is 16.5. The minimum Gasteiger partial charge on any atom is -0.469 e. The van der Waals surface area contributed by atoms with Crippen LogP contribution in [0.2, 0.25) is 0 Å². The molecule has 6 nitrogen and oxygen atoms in total. The number of carbonyl (C=O) groups excluding carboxylic acids is 1. The van der Waals surface area contributed by atoms with Crippen LogP contribution in [0.1, 0.15) is 18.2 Å². The summed E-state index contributed by atoms with van der Waals surface area (Å²) in [5, 5.41) is 19.4. The fraction of sp³-hybridized carbons (Fsp3) is 0.250. The Morgan fingerprint density at radius 3 is 2.55 bits per heavy atom. The zero-order valence-corrected chi connectivity index (χ0v) is 12.4. The van der Waals surface area contributed by atoms with Gasteiger partial charge in [-0.2, -0.15) is 5.26 Å². The topological polar surface area (TPSA) is 87.9 Å². The van der Waals surface area contributed by atoms with Crippen molar-refractivity contribution < 1.29 is 9.53 Å². The van der Waals surface area contributed by atoms with Crippen molar-refractivity contribution in [1.29, 1.82) is 5.26 Å². The van der Waals surface area contributed by atoms with Crippen molar-refractivity contribution in [1.82, 2.24) is 10.2 Å². The number of hydrogen-bond acceptors (Lipinski definition) is 6. The van der Waals surface area contributed by atoms with E-state index in [2.05, 4.69) is 15.5 Å². The van der Waals surface area contributed by atoms with E-state index in [1.165, 1.54) is 7.11 Å². The summed E-state index contributed by atoms with van der Waals surface area (Å²) in [6.45, 7) is 1.84. The second-order valence-corrected chi connectivity index (χ2v) is 4.87. The first kappa shape index (κ1) is 15.4. The highest BCUT2D eigenvalue weighted by Gasteiger charge is 2.13. The maximum Gasteiger partial charge on any atom is 0.308 e. The summed E-state index contributed by atoms with van der Waals surface area (Å²) in [4.78, 5) is 11.4. The highest BCUT2D eigenvalue weighted by Crippen LogP contribution is 2.17. The number of nitriles is 1. The van der Waals surface area contributed by atoms with E-state index in [0.717, 1.165) is 11.3 Å². The SMILES string of the molecule is COC(=O)C(C)Cc1ccc(Nc2ccc(C#N)nn2)cc1. The monoisotopic (exact) mass is 296 g/mol. The van der Waals surface area contributed by atoms with Crippen LogP contribution in [-0.2, 0) is 16.0 Å². The molecular weight excluding hydrogens is 280 g/mol. The fourth-order valence-corrected chi connectivity index (χ4v) is 1.97. The van der Waals surface area contributed by atoms with Crippen LogP contribution in [0.4, 0.5) is 11.5 Å². The zero-order chi connectivity index (χ0) is 15.9. The predicted octanol–water partition coefficient (Wildman–Crippen LogP) is 2.44. The van der Waals surface area contributed by atoms with Crippen LogP contribution in [0.5, 0.6) is 0 Å². The molecule has 0 bridgehead atoms. The summed E-state index contributed by atoms with van der Waals surface area (Å²) in [6, 6.07) is 12.9. The van der Waals surface area contributed by atoms with Gasteiger partial charge in [-0.05, 0) is 36.2 Å². The number of aromatic nitrogens is 2. The van der Waals surface area contributed by atoms with E-state index < -0.39 is 0 Å². The number of nitrogens with one attached hydrogen (secondary N) is 1. The van der Waals surface area contributed by atoms with Crippen molar-refractivity contribution in [3.05, 3.63) is 47.7 Å². The van der Waals surface area contributed by atoms with Gasteiger partial charge in [0, 0.05) is 5.69 Å². The summed E-state index contributed by atoms with van der Waals surface area (Å²) in [6.07, 6.45) is 0.629. The molecule has 0 saturated heterocycles. The van der Waals surface area contributed by atoms with E-state index in [9.17, 15) is 4.79 Å². The van der Waals surface area contributed by atoms with Gasteiger partial charge in [0.1, 0.15) is 6.07 Å². The number of benzene rings is 1. The number of ether oxygens (including phenoxy) is 1. The van der Waals surface area contributed by atoms with Gasteiger partial charge < -0.3 is 10.1 Å². The number of esters is 1. The molecule has 1 aromatic heterocycles. The van der Waals surface area contributed by atoms with Crippen LogP contribution in [0.3, 0.4) is 0 Å². The molecule has 0 radical (unpaired) electrons. The van der Waals surface area contributed by atoms with E-state index in [1.807, 2.05) is 37.3 Å². The Hall–Kier alpha value is -2.94. The molecule has 1 heterocycles. The maximum atomic E-state index is 11.4. The van der Waals surface area contributed by atoms with Gasteiger partial charge in [-0.3, -0.25) is 4.79 Å². The lowest BCUT2D eigenvalue weighted by molar-refractivity contribution is -0.144. The lowest BCUT2D eigenvalue weighted by atomic mass is 10.0. The minimum atomic E-state index is -0.213. The number of hydrogen-bond donors (Lipinski definition) is 1. The number of methoxy groups -OCH3 is 1. The van der Waals surface area contributed by atoms with E-state index in [1.54, 1.807) is 12.1 Å². The quantitative estimate of drug-likeness (QED) is 0.853.